The quantitative estimate of drug-likeness (QED) is 0.742. The zero-order valence-corrected chi connectivity index (χ0v) is 10.7. The van der Waals surface area contributed by atoms with Gasteiger partial charge in [0.1, 0.15) is 0 Å². The van der Waals surface area contributed by atoms with Crippen LogP contribution in [0.4, 0.5) is 5.69 Å². The Kier molecular flexibility index (Phi) is 5.53. The summed E-state index contributed by atoms with van der Waals surface area (Å²) in [6, 6.07) is 7.50. The molecule has 0 saturated heterocycles. The first kappa shape index (κ1) is 13.6. The van der Waals surface area contributed by atoms with E-state index in [1.54, 1.807) is 0 Å². The number of carbonyl (C=O) groups is 1. The van der Waals surface area contributed by atoms with Gasteiger partial charge in [-0.1, -0.05) is 44.9 Å². The van der Waals surface area contributed by atoms with Crippen molar-refractivity contribution in [2.24, 2.45) is 5.92 Å². The highest BCUT2D eigenvalue weighted by atomic mass is 16.1. The number of nitrogens with two attached hydrogens (primary N) is 1. The van der Waals surface area contributed by atoms with Gasteiger partial charge in [0.25, 0.3) is 0 Å². The van der Waals surface area contributed by atoms with Gasteiger partial charge in [0.15, 0.2) is 0 Å². The van der Waals surface area contributed by atoms with Crippen molar-refractivity contribution in [1.82, 2.24) is 5.32 Å². The largest absolute Gasteiger partial charge is 0.398 e. The van der Waals surface area contributed by atoms with Gasteiger partial charge in [-0.05, 0) is 17.5 Å². The molecule has 0 radical (unpaired) electrons. The first-order chi connectivity index (χ1) is 8.17. The molecule has 1 amide bonds. The van der Waals surface area contributed by atoms with Crippen LogP contribution in [0.15, 0.2) is 24.3 Å². The molecule has 0 unspecified atom stereocenters. The van der Waals surface area contributed by atoms with Gasteiger partial charge >= 0.3 is 0 Å². The van der Waals surface area contributed by atoms with E-state index >= 15 is 0 Å². The van der Waals surface area contributed by atoms with Gasteiger partial charge in [0, 0.05) is 12.2 Å². The Morgan fingerprint density at radius 2 is 1.94 bits per heavy atom. The highest BCUT2D eigenvalue weighted by Gasteiger charge is 2.08. The van der Waals surface area contributed by atoms with Crippen molar-refractivity contribution in [1.29, 1.82) is 0 Å². The lowest BCUT2D eigenvalue weighted by molar-refractivity contribution is -0.120. The summed E-state index contributed by atoms with van der Waals surface area (Å²) in [5.74, 6) is 0.627. The van der Waals surface area contributed by atoms with Crippen LogP contribution in [-0.2, 0) is 11.2 Å². The summed E-state index contributed by atoms with van der Waals surface area (Å²) < 4.78 is 0. The molecule has 0 spiro atoms. The molecular formula is C14H22N2O. The molecule has 0 heterocycles. The molecule has 1 aromatic rings. The van der Waals surface area contributed by atoms with Crippen molar-refractivity contribution in [2.75, 3.05) is 12.3 Å². The second kappa shape index (κ2) is 6.94. The molecule has 3 heteroatoms. The Morgan fingerprint density at radius 3 is 2.53 bits per heavy atom. The molecule has 0 bridgehead atoms. The number of nitrogen functional groups attached to an aromatic ring is 1. The Balaban J connectivity index is 2.42. The van der Waals surface area contributed by atoms with Gasteiger partial charge in [0.2, 0.25) is 5.91 Å². The standard InChI is InChI=1S/C14H22N2O/c1-3-11(4-2)10-16-14(17)9-12-7-5-6-8-13(12)15/h5-8,11H,3-4,9-10,15H2,1-2H3,(H,16,17). The molecule has 17 heavy (non-hydrogen) atoms. The molecule has 0 aliphatic carbocycles. The van der Waals surface area contributed by atoms with E-state index in [9.17, 15) is 4.79 Å². The summed E-state index contributed by atoms with van der Waals surface area (Å²) >= 11 is 0. The van der Waals surface area contributed by atoms with Gasteiger partial charge in [0.05, 0.1) is 6.42 Å². The zero-order valence-electron chi connectivity index (χ0n) is 10.7. The fourth-order valence-electron chi connectivity index (χ4n) is 1.77. The average molecular weight is 234 g/mol. The Labute approximate surface area is 103 Å². The third-order valence-electron chi connectivity index (χ3n) is 3.15. The first-order valence-corrected chi connectivity index (χ1v) is 6.27. The Morgan fingerprint density at radius 1 is 1.29 bits per heavy atom. The number of anilines is 1. The molecule has 94 valence electrons. The molecule has 1 rings (SSSR count). The highest BCUT2D eigenvalue weighted by molar-refractivity contribution is 5.80. The van der Waals surface area contributed by atoms with Crippen molar-refractivity contribution in [2.45, 2.75) is 33.1 Å². The van der Waals surface area contributed by atoms with E-state index in [1.807, 2.05) is 24.3 Å². The number of amides is 1. The van der Waals surface area contributed by atoms with Gasteiger partial charge < -0.3 is 11.1 Å². The minimum atomic E-state index is 0.0507. The van der Waals surface area contributed by atoms with Crippen LogP contribution >= 0.6 is 0 Å². The van der Waals surface area contributed by atoms with Crippen LogP contribution in [-0.4, -0.2) is 12.5 Å². The van der Waals surface area contributed by atoms with Crippen molar-refractivity contribution >= 4 is 11.6 Å². The maximum atomic E-state index is 11.7. The molecule has 0 atom stereocenters. The minimum absolute atomic E-state index is 0.0507. The lowest BCUT2D eigenvalue weighted by Crippen LogP contribution is -2.30. The van der Waals surface area contributed by atoms with Gasteiger partial charge in [-0.25, -0.2) is 0 Å². The number of hydrogen-bond acceptors (Lipinski definition) is 2. The molecule has 0 aliphatic rings. The van der Waals surface area contributed by atoms with Crippen molar-refractivity contribution in [3.8, 4) is 0 Å². The topological polar surface area (TPSA) is 55.1 Å². The number of nitrogens with one attached hydrogen (secondary N) is 1. The first-order valence-electron chi connectivity index (χ1n) is 6.27. The number of benzene rings is 1. The number of rotatable bonds is 6. The SMILES string of the molecule is CCC(CC)CNC(=O)Cc1ccccc1N. The summed E-state index contributed by atoms with van der Waals surface area (Å²) in [6.07, 6.45) is 2.57. The lowest BCUT2D eigenvalue weighted by atomic mass is 10.0. The zero-order chi connectivity index (χ0) is 12.7. The van der Waals surface area contributed by atoms with Crippen molar-refractivity contribution in [3.05, 3.63) is 29.8 Å². The van der Waals surface area contributed by atoms with Gasteiger partial charge in [-0.2, -0.15) is 0 Å². The minimum Gasteiger partial charge on any atom is -0.398 e. The monoisotopic (exact) mass is 234 g/mol. The molecule has 0 aliphatic heterocycles. The molecular weight excluding hydrogens is 212 g/mol. The van der Waals surface area contributed by atoms with Crippen LogP contribution in [0.2, 0.25) is 0 Å². The van der Waals surface area contributed by atoms with E-state index in [1.165, 1.54) is 0 Å². The van der Waals surface area contributed by atoms with Crippen LogP contribution in [0, 0.1) is 5.92 Å². The number of carbonyl (C=O) groups excluding carboxylic acids is 1. The predicted octanol–water partition coefficient (Wildman–Crippen LogP) is 2.36. The smallest absolute Gasteiger partial charge is 0.224 e. The van der Waals surface area contributed by atoms with Crippen LogP contribution in [0.3, 0.4) is 0 Å². The fourth-order valence-corrected chi connectivity index (χ4v) is 1.77. The van der Waals surface area contributed by atoms with E-state index in [2.05, 4.69) is 19.2 Å². The molecule has 3 N–H and O–H groups in total. The van der Waals surface area contributed by atoms with E-state index in [0.29, 0.717) is 18.0 Å². The third kappa shape index (κ3) is 4.47. The summed E-state index contributed by atoms with van der Waals surface area (Å²) in [5, 5.41) is 2.97. The lowest BCUT2D eigenvalue weighted by Gasteiger charge is -2.13. The maximum absolute atomic E-state index is 11.7. The van der Waals surface area contributed by atoms with E-state index in [0.717, 1.165) is 24.9 Å². The number of hydrogen-bond donors (Lipinski definition) is 2. The Bertz CT molecular complexity index is 359. The van der Waals surface area contributed by atoms with Gasteiger partial charge in [-0.15, -0.1) is 0 Å². The fraction of sp³-hybridized carbons (Fsp3) is 0.500. The Hall–Kier alpha value is -1.51. The van der Waals surface area contributed by atoms with Gasteiger partial charge in [-0.3, -0.25) is 4.79 Å². The van der Waals surface area contributed by atoms with E-state index in [4.69, 9.17) is 5.73 Å². The third-order valence-corrected chi connectivity index (χ3v) is 3.15. The maximum Gasteiger partial charge on any atom is 0.224 e. The summed E-state index contributed by atoms with van der Waals surface area (Å²) in [6.45, 7) is 5.06. The van der Waals surface area contributed by atoms with Crippen LogP contribution < -0.4 is 11.1 Å². The molecule has 1 aromatic carbocycles. The van der Waals surface area contributed by atoms with E-state index in [-0.39, 0.29) is 5.91 Å². The van der Waals surface area contributed by atoms with Crippen molar-refractivity contribution in [3.63, 3.8) is 0 Å². The van der Waals surface area contributed by atoms with Crippen molar-refractivity contribution < 1.29 is 4.79 Å². The van der Waals surface area contributed by atoms with Crippen LogP contribution in [0.25, 0.3) is 0 Å². The normalized spacial score (nSPS) is 10.5. The summed E-state index contributed by atoms with van der Waals surface area (Å²) in [4.78, 5) is 11.7. The number of para-hydroxylation sites is 1. The molecule has 0 fully saturated rings. The van der Waals surface area contributed by atoms with Crippen LogP contribution in [0.1, 0.15) is 32.3 Å². The average Bonchev–Trinajstić information content (AvgIpc) is 2.33. The highest BCUT2D eigenvalue weighted by Crippen LogP contribution is 2.11. The molecule has 0 saturated carbocycles. The molecule has 0 aromatic heterocycles. The summed E-state index contributed by atoms with van der Waals surface area (Å²) in [5.41, 5.74) is 7.38. The summed E-state index contributed by atoms with van der Waals surface area (Å²) in [7, 11) is 0. The second-order valence-corrected chi connectivity index (χ2v) is 4.36. The molecule has 3 nitrogen and oxygen atoms in total. The van der Waals surface area contributed by atoms with Crippen LogP contribution in [0.5, 0.6) is 0 Å². The second-order valence-electron chi connectivity index (χ2n) is 4.36. The van der Waals surface area contributed by atoms with E-state index < -0.39 is 0 Å². The predicted molar refractivity (Wildman–Crippen MR) is 71.6 cm³/mol.